The van der Waals surface area contributed by atoms with Crippen LogP contribution in [0.2, 0.25) is 0 Å². The van der Waals surface area contributed by atoms with Gasteiger partial charge in [0.25, 0.3) is 0 Å². The highest BCUT2D eigenvalue weighted by atomic mass is 16.3. The number of amides is 3. The Morgan fingerprint density at radius 1 is 1.33 bits per heavy atom. The van der Waals surface area contributed by atoms with Crippen LogP contribution in [0.1, 0.15) is 33.1 Å². The van der Waals surface area contributed by atoms with Gasteiger partial charge in [-0.15, -0.1) is 0 Å². The molecule has 0 aromatic heterocycles. The summed E-state index contributed by atoms with van der Waals surface area (Å²) in [6, 6.07) is -0.454. The molecule has 1 saturated heterocycles. The maximum absolute atomic E-state index is 11.6. The summed E-state index contributed by atoms with van der Waals surface area (Å²) in [7, 11) is 0. The lowest BCUT2D eigenvalue weighted by molar-refractivity contribution is -0.121. The molecule has 0 bridgehead atoms. The minimum Gasteiger partial charge on any atom is -0.390 e. The van der Waals surface area contributed by atoms with E-state index < -0.39 is 11.6 Å². The second-order valence-electron chi connectivity index (χ2n) is 5.03. The highest BCUT2D eigenvalue weighted by molar-refractivity contribution is 5.95. The largest absolute Gasteiger partial charge is 0.390 e. The third-order valence-electron chi connectivity index (χ3n) is 3.11. The van der Waals surface area contributed by atoms with Gasteiger partial charge in [0.2, 0.25) is 5.91 Å². The normalized spacial score (nSPS) is 25.3. The van der Waals surface area contributed by atoms with Crippen molar-refractivity contribution in [2.45, 2.75) is 38.7 Å². The van der Waals surface area contributed by atoms with Crippen molar-refractivity contribution in [3.8, 4) is 0 Å². The molecule has 1 heterocycles. The second kappa shape index (κ2) is 6.70. The summed E-state index contributed by atoms with van der Waals surface area (Å²) in [5.74, 6) is -0.303. The van der Waals surface area contributed by atoms with Crippen molar-refractivity contribution in [1.29, 1.82) is 0 Å². The first-order chi connectivity index (χ1) is 8.43. The van der Waals surface area contributed by atoms with Gasteiger partial charge in [-0.3, -0.25) is 15.0 Å². The number of imide groups is 1. The molecule has 1 rings (SSSR count). The summed E-state index contributed by atoms with van der Waals surface area (Å²) < 4.78 is 0. The molecule has 6 heteroatoms. The zero-order chi connectivity index (χ0) is 13.6. The average molecular weight is 257 g/mol. The van der Waals surface area contributed by atoms with Gasteiger partial charge in [0, 0.05) is 13.1 Å². The number of nitrogens with one attached hydrogen (secondary N) is 2. The molecule has 1 aliphatic heterocycles. The molecule has 1 atom stereocenters. The van der Waals surface area contributed by atoms with E-state index in [1.165, 1.54) is 0 Å². The molecular weight excluding hydrogens is 234 g/mol. The Bertz CT molecular complexity index is 305. The van der Waals surface area contributed by atoms with Crippen molar-refractivity contribution in [3.63, 3.8) is 0 Å². The van der Waals surface area contributed by atoms with Gasteiger partial charge in [-0.05, 0) is 39.7 Å². The number of carbonyl (C=O) groups is 2. The lowest BCUT2D eigenvalue weighted by atomic mass is 9.98. The molecule has 0 radical (unpaired) electrons. The predicted molar refractivity (Wildman–Crippen MR) is 68.1 cm³/mol. The molecule has 18 heavy (non-hydrogen) atoms. The van der Waals surface area contributed by atoms with Crippen LogP contribution in [0.25, 0.3) is 0 Å². The zero-order valence-corrected chi connectivity index (χ0v) is 11.2. The van der Waals surface area contributed by atoms with E-state index in [9.17, 15) is 14.7 Å². The summed E-state index contributed by atoms with van der Waals surface area (Å²) in [4.78, 5) is 24.7. The maximum Gasteiger partial charge on any atom is 0.321 e. The third kappa shape index (κ3) is 5.46. The Balaban J connectivity index is 2.33. The minimum absolute atomic E-state index is 0.202. The fourth-order valence-corrected chi connectivity index (χ4v) is 2.05. The highest BCUT2D eigenvalue weighted by Crippen LogP contribution is 2.20. The van der Waals surface area contributed by atoms with Crippen LogP contribution in [0, 0.1) is 0 Å². The summed E-state index contributed by atoms with van der Waals surface area (Å²) in [5, 5.41) is 14.7. The number of rotatable bonds is 3. The number of aliphatic hydroxyl groups is 1. The molecular formula is C12H23N3O3. The van der Waals surface area contributed by atoms with Gasteiger partial charge in [0.15, 0.2) is 0 Å². The van der Waals surface area contributed by atoms with Crippen LogP contribution in [0.5, 0.6) is 0 Å². The molecule has 0 aromatic carbocycles. The Morgan fingerprint density at radius 2 is 2.06 bits per heavy atom. The molecule has 104 valence electrons. The van der Waals surface area contributed by atoms with Gasteiger partial charge in [-0.25, -0.2) is 4.79 Å². The van der Waals surface area contributed by atoms with E-state index >= 15 is 0 Å². The van der Waals surface area contributed by atoms with Crippen molar-refractivity contribution >= 4 is 11.9 Å². The third-order valence-corrected chi connectivity index (χ3v) is 3.11. The number of urea groups is 1. The van der Waals surface area contributed by atoms with Crippen molar-refractivity contribution in [2.75, 3.05) is 26.2 Å². The smallest absolute Gasteiger partial charge is 0.321 e. The quantitative estimate of drug-likeness (QED) is 0.668. The highest BCUT2D eigenvalue weighted by Gasteiger charge is 2.25. The molecule has 0 aliphatic carbocycles. The molecule has 0 saturated carbocycles. The Hall–Kier alpha value is -1.14. The fraction of sp³-hybridized carbons (Fsp3) is 0.833. The Kier molecular flexibility index (Phi) is 5.55. The molecule has 3 amide bonds. The van der Waals surface area contributed by atoms with Gasteiger partial charge in [-0.1, -0.05) is 0 Å². The molecule has 1 unspecified atom stereocenters. The van der Waals surface area contributed by atoms with E-state index in [1.807, 2.05) is 11.8 Å². The topological polar surface area (TPSA) is 81.7 Å². The van der Waals surface area contributed by atoms with Crippen LogP contribution in [0.15, 0.2) is 0 Å². The molecule has 1 fully saturated rings. The van der Waals surface area contributed by atoms with Gasteiger partial charge in [0.1, 0.15) is 0 Å². The number of hydrogen-bond donors (Lipinski definition) is 3. The lowest BCUT2D eigenvalue weighted by Crippen LogP contribution is -2.44. The van der Waals surface area contributed by atoms with E-state index in [1.54, 1.807) is 6.92 Å². The van der Waals surface area contributed by atoms with Crippen LogP contribution < -0.4 is 10.6 Å². The summed E-state index contributed by atoms with van der Waals surface area (Å²) in [6.45, 7) is 5.76. The molecule has 6 nitrogen and oxygen atoms in total. The van der Waals surface area contributed by atoms with E-state index in [4.69, 9.17) is 0 Å². The summed E-state index contributed by atoms with van der Waals surface area (Å²) in [5.41, 5.74) is -0.634. The predicted octanol–water partition coefficient (Wildman–Crippen LogP) is 0.0690. The SMILES string of the molecule is CCNC(=O)NC(=O)CN1CCCC(C)(O)CC1. The summed E-state index contributed by atoms with van der Waals surface area (Å²) >= 11 is 0. The first-order valence-corrected chi connectivity index (χ1v) is 6.45. The Labute approximate surface area is 108 Å². The minimum atomic E-state index is -0.634. The average Bonchev–Trinajstić information content (AvgIpc) is 2.40. The number of nitrogens with zero attached hydrogens (tertiary/aromatic N) is 1. The molecule has 1 aliphatic rings. The van der Waals surface area contributed by atoms with Crippen molar-refractivity contribution in [2.24, 2.45) is 0 Å². The van der Waals surface area contributed by atoms with Crippen LogP contribution in [-0.2, 0) is 4.79 Å². The van der Waals surface area contributed by atoms with Crippen molar-refractivity contribution in [1.82, 2.24) is 15.5 Å². The van der Waals surface area contributed by atoms with Gasteiger partial charge >= 0.3 is 6.03 Å². The first kappa shape index (κ1) is 14.9. The van der Waals surface area contributed by atoms with E-state index in [2.05, 4.69) is 10.6 Å². The van der Waals surface area contributed by atoms with Crippen LogP contribution in [0.4, 0.5) is 4.79 Å². The standard InChI is InChI=1S/C12H23N3O3/c1-3-13-11(17)14-10(16)9-15-7-4-5-12(2,18)6-8-15/h18H,3-9H2,1-2H3,(H2,13,14,16,17). The van der Waals surface area contributed by atoms with Gasteiger partial charge < -0.3 is 10.4 Å². The monoisotopic (exact) mass is 257 g/mol. The van der Waals surface area contributed by atoms with Gasteiger partial charge in [-0.2, -0.15) is 0 Å². The maximum atomic E-state index is 11.6. The Morgan fingerprint density at radius 3 is 2.72 bits per heavy atom. The van der Waals surface area contributed by atoms with Crippen molar-refractivity contribution < 1.29 is 14.7 Å². The number of carbonyl (C=O) groups excluding carboxylic acids is 2. The number of hydrogen-bond acceptors (Lipinski definition) is 4. The molecule has 3 N–H and O–H groups in total. The van der Waals surface area contributed by atoms with Crippen LogP contribution in [0.3, 0.4) is 0 Å². The van der Waals surface area contributed by atoms with Gasteiger partial charge in [0.05, 0.1) is 12.1 Å². The second-order valence-corrected chi connectivity index (χ2v) is 5.03. The fourth-order valence-electron chi connectivity index (χ4n) is 2.05. The lowest BCUT2D eigenvalue weighted by Gasteiger charge is -2.21. The summed E-state index contributed by atoms with van der Waals surface area (Å²) in [6.07, 6.45) is 2.27. The molecule has 0 aromatic rings. The first-order valence-electron chi connectivity index (χ1n) is 6.45. The van der Waals surface area contributed by atoms with E-state index in [0.29, 0.717) is 19.5 Å². The zero-order valence-electron chi connectivity index (χ0n) is 11.2. The van der Waals surface area contributed by atoms with Crippen LogP contribution in [-0.4, -0.2) is 53.7 Å². The van der Waals surface area contributed by atoms with E-state index in [0.717, 1.165) is 19.4 Å². The van der Waals surface area contributed by atoms with Crippen LogP contribution >= 0.6 is 0 Å². The number of likely N-dealkylation sites (tertiary alicyclic amines) is 1. The van der Waals surface area contributed by atoms with Crippen molar-refractivity contribution in [3.05, 3.63) is 0 Å². The van der Waals surface area contributed by atoms with E-state index in [-0.39, 0.29) is 12.5 Å². The molecule has 0 spiro atoms.